The van der Waals surface area contributed by atoms with Gasteiger partial charge >= 0.3 is 0 Å². The van der Waals surface area contributed by atoms with Crippen molar-refractivity contribution in [3.63, 3.8) is 0 Å². The lowest BCUT2D eigenvalue weighted by atomic mass is 9.91. The van der Waals surface area contributed by atoms with Gasteiger partial charge in [0.1, 0.15) is 17.5 Å². The third-order valence-electron chi connectivity index (χ3n) is 8.08. The van der Waals surface area contributed by atoms with Crippen molar-refractivity contribution in [1.29, 1.82) is 0 Å². The summed E-state index contributed by atoms with van der Waals surface area (Å²) in [5, 5.41) is 0.541. The number of amides is 2. The number of carbonyl (C=O) groups excluding carboxylic acids is 2. The molecular formula is C32H26ClN3O4. The summed E-state index contributed by atoms with van der Waals surface area (Å²) in [5.41, 5.74) is 15.0. The van der Waals surface area contributed by atoms with Gasteiger partial charge in [-0.15, -0.1) is 0 Å². The van der Waals surface area contributed by atoms with Crippen LogP contribution in [-0.4, -0.2) is 36.1 Å². The number of benzene rings is 3. The van der Waals surface area contributed by atoms with Crippen LogP contribution in [0.2, 0.25) is 5.02 Å². The standard InChI is InChI=1S/C32H26ClN3O4/c1-17-23(3-2-4-28(17)36-15-18-5-6-20(33)13-25(18)32(36)38)27-14-35-30(31(34)37)26-12-19-11-21(7-8-24(19)29(26)27)40-22-9-10-39-16-22/h2-8,11,13-14,22H,9-10,12,15-16H2,1H3,(H2,34,37). The monoisotopic (exact) mass is 551 g/mol. The van der Waals surface area contributed by atoms with Crippen molar-refractivity contribution in [1.82, 2.24) is 4.98 Å². The first kappa shape index (κ1) is 24.8. The molecular weight excluding hydrogens is 526 g/mol. The fraction of sp³-hybridized carbons (Fsp3) is 0.219. The van der Waals surface area contributed by atoms with Gasteiger partial charge in [0, 0.05) is 40.9 Å². The summed E-state index contributed by atoms with van der Waals surface area (Å²) in [4.78, 5) is 32.1. The van der Waals surface area contributed by atoms with Crippen LogP contribution in [0.4, 0.5) is 5.69 Å². The first-order valence-electron chi connectivity index (χ1n) is 13.3. The molecule has 1 saturated heterocycles. The van der Waals surface area contributed by atoms with Gasteiger partial charge in [0.05, 0.1) is 19.8 Å². The molecule has 2 amide bonds. The van der Waals surface area contributed by atoms with Crippen molar-refractivity contribution in [3.8, 4) is 28.0 Å². The highest BCUT2D eigenvalue weighted by atomic mass is 35.5. The van der Waals surface area contributed by atoms with Crippen molar-refractivity contribution in [2.45, 2.75) is 32.4 Å². The molecule has 2 N–H and O–H groups in total. The number of rotatable bonds is 5. The number of hydrogen-bond acceptors (Lipinski definition) is 5. The lowest BCUT2D eigenvalue weighted by Gasteiger charge is -2.22. The second-order valence-electron chi connectivity index (χ2n) is 10.5. The summed E-state index contributed by atoms with van der Waals surface area (Å²) in [6, 6.07) is 17.4. The molecule has 200 valence electrons. The van der Waals surface area contributed by atoms with E-state index in [4.69, 9.17) is 26.8 Å². The minimum Gasteiger partial charge on any atom is -0.488 e. The number of anilines is 1. The van der Waals surface area contributed by atoms with Gasteiger partial charge in [-0.1, -0.05) is 35.9 Å². The molecule has 1 fully saturated rings. The van der Waals surface area contributed by atoms with Crippen LogP contribution in [-0.2, 0) is 17.7 Å². The van der Waals surface area contributed by atoms with Crippen LogP contribution in [0.5, 0.6) is 5.75 Å². The van der Waals surface area contributed by atoms with E-state index in [1.807, 2.05) is 55.5 Å². The van der Waals surface area contributed by atoms with E-state index in [1.54, 1.807) is 17.2 Å². The van der Waals surface area contributed by atoms with Gasteiger partial charge in [0.15, 0.2) is 0 Å². The topological polar surface area (TPSA) is 94.8 Å². The molecule has 0 radical (unpaired) electrons. The molecule has 1 aliphatic carbocycles. The molecule has 7 rings (SSSR count). The third kappa shape index (κ3) is 3.96. The number of fused-ring (bicyclic) bond motifs is 4. The minimum atomic E-state index is -0.556. The molecule has 0 bridgehead atoms. The van der Waals surface area contributed by atoms with E-state index in [0.29, 0.717) is 36.8 Å². The number of pyridine rings is 1. The summed E-state index contributed by atoms with van der Waals surface area (Å²) in [7, 11) is 0. The van der Waals surface area contributed by atoms with Crippen LogP contribution < -0.4 is 15.4 Å². The Morgan fingerprint density at radius 2 is 1.95 bits per heavy atom. The maximum Gasteiger partial charge on any atom is 0.267 e. The predicted octanol–water partition coefficient (Wildman–Crippen LogP) is 5.71. The molecule has 3 heterocycles. The van der Waals surface area contributed by atoms with Crippen LogP contribution in [0, 0.1) is 6.92 Å². The van der Waals surface area contributed by atoms with E-state index in [1.165, 1.54) is 0 Å². The zero-order valence-corrected chi connectivity index (χ0v) is 22.6. The average molecular weight is 552 g/mol. The molecule has 1 atom stereocenters. The highest BCUT2D eigenvalue weighted by molar-refractivity contribution is 6.31. The van der Waals surface area contributed by atoms with Gasteiger partial charge in [0.2, 0.25) is 0 Å². The number of aromatic nitrogens is 1. The van der Waals surface area contributed by atoms with E-state index >= 15 is 0 Å². The number of halogens is 1. The van der Waals surface area contributed by atoms with Crippen molar-refractivity contribution in [3.05, 3.63) is 99.3 Å². The van der Waals surface area contributed by atoms with Gasteiger partial charge < -0.3 is 20.1 Å². The molecule has 2 aliphatic heterocycles. The van der Waals surface area contributed by atoms with E-state index < -0.39 is 5.91 Å². The Labute approximate surface area is 236 Å². The minimum absolute atomic E-state index is 0.0427. The van der Waals surface area contributed by atoms with E-state index in [2.05, 4.69) is 4.98 Å². The highest BCUT2D eigenvalue weighted by Gasteiger charge is 2.32. The fourth-order valence-electron chi connectivity index (χ4n) is 6.15. The predicted molar refractivity (Wildman–Crippen MR) is 153 cm³/mol. The number of nitrogens with two attached hydrogens (primary N) is 1. The van der Waals surface area contributed by atoms with Crippen molar-refractivity contribution in [2.24, 2.45) is 5.73 Å². The lowest BCUT2D eigenvalue weighted by Crippen LogP contribution is -2.24. The summed E-state index contributed by atoms with van der Waals surface area (Å²) in [5.74, 6) is 0.151. The molecule has 1 aromatic heterocycles. The Bertz CT molecular complexity index is 1730. The van der Waals surface area contributed by atoms with Crippen LogP contribution in [0.15, 0.2) is 60.8 Å². The Hall–Kier alpha value is -4.20. The molecule has 1 unspecified atom stereocenters. The van der Waals surface area contributed by atoms with Crippen LogP contribution in [0.3, 0.4) is 0 Å². The van der Waals surface area contributed by atoms with E-state index in [0.717, 1.165) is 62.4 Å². The molecule has 3 aromatic carbocycles. The summed E-state index contributed by atoms with van der Waals surface area (Å²) in [6.45, 7) is 3.78. The Morgan fingerprint density at radius 3 is 2.75 bits per heavy atom. The summed E-state index contributed by atoms with van der Waals surface area (Å²) < 4.78 is 11.6. The van der Waals surface area contributed by atoms with Crippen molar-refractivity contribution in [2.75, 3.05) is 18.1 Å². The second kappa shape index (κ2) is 9.47. The molecule has 0 saturated carbocycles. The summed E-state index contributed by atoms with van der Waals surface area (Å²) >= 11 is 6.18. The number of primary amides is 1. The first-order chi connectivity index (χ1) is 19.4. The number of carbonyl (C=O) groups is 2. The van der Waals surface area contributed by atoms with E-state index in [-0.39, 0.29) is 17.7 Å². The van der Waals surface area contributed by atoms with Gasteiger partial charge in [-0.25, -0.2) is 0 Å². The van der Waals surface area contributed by atoms with Gasteiger partial charge in [-0.2, -0.15) is 0 Å². The Balaban J connectivity index is 1.32. The number of ether oxygens (including phenoxy) is 2. The van der Waals surface area contributed by atoms with Crippen LogP contribution in [0.25, 0.3) is 22.3 Å². The highest BCUT2D eigenvalue weighted by Crippen LogP contribution is 2.47. The first-order valence-corrected chi connectivity index (χ1v) is 13.7. The molecule has 0 spiro atoms. The lowest BCUT2D eigenvalue weighted by molar-refractivity contribution is 0.0987. The number of nitrogens with zero attached hydrogens (tertiary/aromatic N) is 2. The largest absolute Gasteiger partial charge is 0.488 e. The Kier molecular flexibility index (Phi) is 5.87. The fourth-order valence-corrected chi connectivity index (χ4v) is 6.32. The Morgan fingerprint density at radius 1 is 1.07 bits per heavy atom. The normalized spacial score (nSPS) is 17.1. The molecule has 3 aliphatic rings. The molecule has 8 heteroatoms. The zero-order valence-electron chi connectivity index (χ0n) is 21.9. The van der Waals surface area contributed by atoms with Gasteiger partial charge in [0.25, 0.3) is 11.8 Å². The smallest absolute Gasteiger partial charge is 0.267 e. The van der Waals surface area contributed by atoms with Crippen molar-refractivity contribution < 1.29 is 19.1 Å². The summed E-state index contributed by atoms with van der Waals surface area (Å²) in [6.07, 6.45) is 3.16. The average Bonchev–Trinajstić information content (AvgIpc) is 3.66. The SMILES string of the molecule is Cc1c(-c2cnc(C(N)=O)c3c2-c2ccc(OC4CCOC4)cc2C3)cccc1N1Cc2ccc(Cl)cc2C1=O. The second-order valence-corrected chi connectivity index (χ2v) is 10.9. The third-order valence-corrected chi connectivity index (χ3v) is 8.31. The van der Waals surface area contributed by atoms with Gasteiger partial charge in [-0.05, 0) is 76.2 Å². The molecule has 7 nitrogen and oxygen atoms in total. The molecule has 40 heavy (non-hydrogen) atoms. The van der Waals surface area contributed by atoms with E-state index in [9.17, 15) is 9.59 Å². The molecule has 4 aromatic rings. The number of hydrogen-bond donors (Lipinski definition) is 1. The van der Waals surface area contributed by atoms with Crippen LogP contribution in [0.1, 0.15) is 49.5 Å². The van der Waals surface area contributed by atoms with Gasteiger partial charge in [-0.3, -0.25) is 14.6 Å². The zero-order chi connectivity index (χ0) is 27.5. The van der Waals surface area contributed by atoms with Crippen LogP contribution >= 0.6 is 11.6 Å². The van der Waals surface area contributed by atoms with Crippen molar-refractivity contribution >= 4 is 29.1 Å². The maximum atomic E-state index is 13.4. The maximum absolute atomic E-state index is 13.4. The quantitative estimate of drug-likeness (QED) is 0.302.